The van der Waals surface area contributed by atoms with Crippen LogP contribution in [0.2, 0.25) is 0 Å². The molecule has 4 rings (SSSR count). The minimum Gasteiger partial charge on any atom is -0.282 e. The number of nitro benzene ring substituents is 1. The van der Waals surface area contributed by atoms with E-state index in [0.717, 1.165) is 5.56 Å². The van der Waals surface area contributed by atoms with Gasteiger partial charge in [-0.15, -0.1) is 16.5 Å². The van der Waals surface area contributed by atoms with Crippen molar-refractivity contribution in [3.05, 3.63) is 76.3 Å². The Morgan fingerprint density at radius 2 is 1.73 bits per heavy atom. The predicted octanol–water partition coefficient (Wildman–Crippen LogP) is 2.54. The Labute approximate surface area is 214 Å². The fourth-order valence-corrected chi connectivity index (χ4v) is 5.30. The monoisotopic (exact) mass is 492 g/mol. The molecular formula is C20H15N5NaO5S2+. The third-order valence-corrected chi connectivity index (χ3v) is 6.81. The summed E-state index contributed by atoms with van der Waals surface area (Å²) in [7, 11) is -4.37. The molecule has 3 aromatic carbocycles. The van der Waals surface area contributed by atoms with Crippen LogP contribution in [0.25, 0.3) is 20.8 Å². The number of nitro groups is 1. The fourth-order valence-electron chi connectivity index (χ4n) is 2.98. The molecule has 0 aliphatic rings. The Morgan fingerprint density at radius 1 is 1.06 bits per heavy atom. The molecule has 0 aliphatic carbocycles. The van der Waals surface area contributed by atoms with Gasteiger partial charge in [0.2, 0.25) is 0 Å². The molecule has 0 saturated carbocycles. The quantitative estimate of drug-likeness (QED) is 0.138. The summed E-state index contributed by atoms with van der Waals surface area (Å²) in [6.07, 6.45) is 0. The van der Waals surface area contributed by atoms with Crippen LogP contribution in [-0.2, 0) is 10.1 Å². The molecule has 2 N–H and O–H groups in total. The summed E-state index contributed by atoms with van der Waals surface area (Å²) in [5.74, 6) is 0. The van der Waals surface area contributed by atoms with Gasteiger partial charge in [0.1, 0.15) is 9.90 Å². The number of aryl methyl sites for hydroxylation is 1. The number of anilines is 1. The molecule has 162 valence electrons. The topological polar surface area (TPSA) is 147 Å². The van der Waals surface area contributed by atoms with Gasteiger partial charge in [0, 0.05) is 17.7 Å². The molecule has 0 saturated heterocycles. The number of hydrogen-bond donors (Lipinski definition) is 2. The van der Waals surface area contributed by atoms with E-state index in [9.17, 15) is 23.1 Å². The molecule has 0 aliphatic heterocycles. The summed E-state index contributed by atoms with van der Waals surface area (Å²) in [4.78, 5) is 14.5. The van der Waals surface area contributed by atoms with Crippen LogP contribution in [-0.4, -0.2) is 22.9 Å². The van der Waals surface area contributed by atoms with E-state index in [-0.39, 0.29) is 40.1 Å². The smallest absolute Gasteiger partial charge is 0.282 e. The Morgan fingerprint density at radius 3 is 2.33 bits per heavy atom. The number of fused-ring (bicyclic) bond motifs is 1. The van der Waals surface area contributed by atoms with Crippen molar-refractivity contribution in [2.45, 2.75) is 11.8 Å². The van der Waals surface area contributed by atoms with Gasteiger partial charge in [0.15, 0.2) is 0 Å². The van der Waals surface area contributed by atoms with E-state index in [0.29, 0.717) is 32.2 Å². The molecule has 4 aromatic rings. The molecule has 1 heterocycles. The van der Waals surface area contributed by atoms with Crippen molar-refractivity contribution in [3.63, 3.8) is 0 Å². The van der Waals surface area contributed by atoms with Gasteiger partial charge in [-0.1, -0.05) is 11.3 Å². The van der Waals surface area contributed by atoms with Crippen molar-refractivity contribution in [2.75, 3.05) is 5.43 Å². The van der Waals surface area contributed by atoms with E-state index in [4.69, 9.17) is 0 Å². The van der Waals surface area contributed by atoms with E-state index in [1.54, 1.807) is 43.3 Å². The number of benzene rings is 3. The molecule has 10 nitrogen and oxygen atoms in total. The third-order valence-electron chi connectivity index (χ3n) is 4.50. The number of nitrogens with one attached hydrogen (secondary N) is 1. The van der Waals surface area contributed by atoms with Crippen LogP contribution in [0.3, 0.4) is 0 Å². The zero-order chi connectivity index (χ0) is 22.9. The van der Waals surface area contributed by atoms with Gasteiger partial charge >= 0.3 is 29.6 Å². The van der Waals surface area contributed by atoms with Crippen LogP contribution < -0.4 is 35.0 Å². The summed E-state index contributed by atoms with van der Waals surface area (Å²) in [6, 6.07) is 16.1. The number of non-ortho nitro benzene ring substituents is 1. The van der Waals surface area contributed by atoms with Gasteiger partial charge < -0.3 is 0 Å². The largest absolute Gasteiger partial charge is 1.00 e. The SMILES string of the molecule is Cc1ccc2nc(-c3ccc(N=NNc4ccc([N+](=O)[O-])cc4)cc3)sc2c1S(=O)(=O)O.[Na+]. The molecular weight excluding hydrogens is 477 g/mol. The molecule has 0 amide bonds. The maximum absolute atomic E-state index is 11.8. The Hall–Kier alpha value is -2.74. The summed E-state index contributed by atoms with van der Waals surface area (Å²) < 4.78 is 33.5. The minimum absolute atomic E-state index is 0. The van der Waals surface area contributed by atoms with Gasteiger partial charge in [0.05, 0.1) is 26.5 Å². The van der Waals surface area contributed by atoms with Gasteiger partial charge in [0.25, 0.3) is 15.8 Å². The Kier molecular flexibility index (Phi) is 7.57. The summed E-state index contributed by atoms with van der Waals surface area (Å²) in [5.41, 5.74) is 5.48. The normalized spacial score (nSPS) is 11.5. The fraction of sp³-hybridized carbons (Fsp3) is 0.0500. The maximum Gasteiger partial charge on any atom is 1.00 e. The second-order valence-electron chi connectivity index (χ2n) is 6.72. The van der Waals surface area contributed by atoms with Crippen molar-refractivity contribution in [3.8, 4) is 10.6 Å². The first kappa shape index (κ1) is 24.9. The summed E-state index contributed by atoms with van der Waals surface area (Å²) in [5, 5.41) is 19.2. The van der Waals surface area contributed by atoms with E-state index in [1.807, 2.05) is 0 Å². The minimum atomic E-state index is -4.37. The van der Waals surface area contributed by atoms with Gasteiger partial charge in [-0.2, -0.15) is 8.42 Å². The molecule has 0 fully saturated rings. The molecule has 1 aromatic heterocycles. The summed E-state index contributed by atoms with van der Waals surface area (Å²) in [6.45, 7) is 1.62. The number of thiazole rings is 1. The Bertz CT molecular complexity index is 1450. The third kappa shape index (κ3) is 5.61. The first-order valence-corrected chi connectivity index (χ1v) is 11.4. The van der Waals surface area contributed by atoms with Crippen LogP contribution in [0.1, 0.15) is 5.56 Å². The molecule has 0 unspecified atom stereocenters. The van der Waals surface area contributed by atoms with E-state index in [2.05, 4.69) is 20.7 Å². The summed E-state index contributed by atoms with van der Waals surface area (Å²) >= 11 is 1.18. The molecule has 0 spiro atoms. The maximum atomic E-state index is 11.8. The zero-order valence-corrected chi connectivity index (χ0v) is 21.1. The molecule has 0 radical (unpaired) electrons. The molecule has 0 bridgehead atoms. The van der Waals surface area contributed by atoms with Crippen LogP contribution in [0.5, 0.6) is 0 Å². The van der Waals surface area contributed by atoms with Crippen molar-refractivity contribution in [1.82, 2.24) is 4.98 Å². The van der Waals surface area contributed by atoms with E-state index < -0.39 is 15.0 Å². The van der Waals surface area contributed by atoms with Crippen LogP contribution in [0.4, 0.5) is 17.1 Å². The van der Waals surface area contributed by atoms with Crippen molar-refractivity contribution in [2.24, 2.45) is 10.3 Å². The number of rotatable bonds is 6. The van der Waals surface area contributed by atoms with Gasteiger partial charge in [-0.25, -0.2) is 4.98 Å². The molecule has 33 heavy (non-hydrogen) atoms. The van der Waals surface area contributed by atoms with Gasteiger partial charge in [-0.3, -0.25) is 20.1 Å². The number of hydrogen-bond acceptors (Lipinski definition) is 8. The molecule has 13 heteroatoms. The second-order valence-corrected chi connectivity index (χ2v) is 9.07. The van der Waals surface area contributed by atoms with Crippen molar-refractivity contribution >= 4 is 48.7 Å². The average Bonchev–Trinajstić information content (AvgIpc) is 3.17. The Balaban J connectivity index is 0.00000306. The molecule has 0 atom stereocenters. The van der Waals surface area contributed by atoms with Crippen LogP contribution >= 0.6 is 11.3 Å². The zero-order valence-electron chi connectivity index (χ0n) is 17.5. The van der Waals surface area contributed by atoms with E-state index >= 15 is 0 Å². The number of nitrogens with zero attached hydrogens (tertiary/aromatic N) is 4. The first-order chi connectivity index (χ1) is 15.2. The van der Waals surface area contributed by atoms with Crippen molar-refractivity contribution in [1.29, 1.82) is 0 Å². The first-order valence-electron chi connectivity index (χ1n) is 9.11. The van der Waals surface area contributed by atoms with E-state index in [1.165, 1.54) is 35.6 Å². The predicted molar refractivity (Wildman–Crippen MR) is 121 cm³/mol. The van der Waals surface area contributed by atoms with Crippen molar-refractivity contribution < 1.29 is 47.5 Å². The standard InChI is InChI=1S/C20H15N5O5S2.Na/c1-12-2-11-17-18(19(12)32(28,29)30)31-20(21-17)13-3-5-14(6-4-13)22-24-23-15-7-9-16(10-8-15)25(26)27;/h2-11H,1H3,(H,22,23)(H,28,29,30);/q;+1. The van der Waals surface area contributed by atoms with Gasteiger partial charge in [-0.05, 0) is 55.0 Å². The average molecular weight is 492 g/mol. The number of aromatic nitrogens is 1. The van der Waals surface area contributed by atoms with Crippen LogP contribution in [0.15, 0.2) is 75.9 Å². The van der Waals surface area contributed by atoms with Crippen LogP contribution in [0, 0.1) is 17.0 Å². The second kappa shape index (κ2) is 10.0.